The summed E-state index contributed by atoms with van der Waals surface area (Å²) >= 11 is 6.18. The van der Waals surface area contributed by atoms with Crippen molar-refractivity contribution >= 4 is 29.3 Å². The zero-order chi connectivity index (χ0) is 17.4. The zero-order valence-electron chi connectivity index (χ0n) is 13.5. The average Bonchev–Trinajstić information content (AvgIpc) is 3.17. The minimum atomic E-state index is -0.143. The molecule has 1 amide bonds. The number of carbonyl (C=O) groups excluding carboxylic acids is 1. The van der Waals surface area contributed by atoms with Crippen LogP contribution in [-0.4, -0.2) is 23.4 Å². The van der Waals surface area contributed by atoms with Gasteiger partial charge in [0, 0.05) is 5.02 Å². The molecule has 0 saturated carbocycles. The number of hydrazone groups is 1. The number of hydrogen-bond donors (Lipinski definition) is 0. The molecule has 0 bridgehead atoms. The minimum Gasteiger partial charge on any atom is -0.454 e. The average molecular weight is 355 g/mol. The van der Waals surface area contributed by atoms with Gasteiger partial charge in [-0.3, -0.25) is 4.79 Å². The highest BCUT2D eigenvalue weighted by Gasteiger charge is 2.28. The molecular weight excluding hydrogens is 340 g/mol. The van der Waals surface area contributed by atoms with Crippen molar-refractivity contribution in [3.8, 4) is 11.5 Å². The molecule has 25 heavy (non-hydrogen) atoms. The molecule has 126 valence electrons. The number of carbonyl (C=O) groups is 1. The van der Waals surface area contributed by atoms with Crippen molar-refractivity contribution < 1.29 is 14.3 Å². The maximum absolute atomic E-state index is 12.7. The lowest BCUT2D eigenvalue weighted by molar-refractivity contribution is -0.126. The van der Waals surface area contributed by atoms with Crippen LogP contribution in [0.15, 0.2) is 53.1 Å². The molecule has 0 atom stereocenters. The van der Waals surface area contributed by atoms with E-state index in [1.807, 2.05) is 49.4 Å². The van der Waals surface area contributed by atoms with Gasteiger partial charge in [0.15, 0.2) is 11.5 Å². The number of fused-ring (bicyclic) bond motifs is 1. The summed E-state index contributed by atoms with van der Waals surface area (Å²) in [6, 6.07) is 13.0. The molecular formula is C19H15ClN2O3. The van der Waals surface area contributed by atoms with Crippen LogP contribution in [0, 0.1) is 0 Å². The topological polar surface area (TPSA) is 51.1 Å². The van der Waals surface area contributed by atoms with Crippen LogP contribution < -0.4 is 9.47 Å². The number of halogens is 1. The third-order valence-corrected chi connectivity index (χ3v) is 4.48. The summed E-state index contributed by atoms with van der Waals surface area (Å²) in [5.74, 6) is 1.25. The van der Waals surface area contributed by atoms with Gasteiger partial charge in [-0.2, -0.15) is 5.10 Å². The highest BCUT2D eigenvalue weighted by Crippen LogP contribution is 2.33. The Morgan fingerprint density at radius 2 is 2.00 bits per heavy atom. The first kappa shape index (κ1) is 15.7. The fourth-order valence-corrected chi connectivity index (χ4v) is 3.00. The van der Waals surface area contributed by atoms with Crippen molar-refractivity contribution in [3.05, 3.63) is 64.2 Å². The summed E-state index contributed by atoms with van der Waals surface area (Å²) in [6.45, 7) is 2.39. The molecule has 0 fully saturated rings. The van der Waals surface area contributed by atoms with Crippen LogP contribution in [0.3, 0.4) is 0 Å². The molecule has 0 aromatic heterocycles. The smallest absolute Gasteiger partial charge is 0.276 e. The Balaban J connectivity index is 1.59. The molecule has 5 nitrogen and oxygen atoms in total. The Labute approximate surface area is 150 Å². The molecule has 0 radical (unpaired) electrons. The predicted molar refractivity (Wildman–Crippen MR) is 95.7 cm³/mol. The van der Waals surface area contributed by atoms with Crippen LogP contribution in [0.1, 0.15) is 18.1 Å². The van der Waals surface area contributed by atoms with Gasteiger partial charge in [0.05, 0.1) is 17.8 Å². The van der Waals surface area contributed by atoms with Crippen molar-refractivity contribution in [1.29, 1.82) is 0 Å². The standard InChI is InChI=1S/C19H15ClN2O3/c1-12-15(8-13-6-7-17-18(9-13)25-11-24-17)19(23)22(21-12)10-14-4-2-3-5-16(14)20/h2-9H,10-11H2,1H3/b15-8-. The summed E-state index contributed by atoms with van der Waals surface area (Å²) in [7, 11) is 0. The second-order valence-corrected chi connectivity index (χ2v) is 6.22. The number of amides is 1. The molecule has 0 spiro atoms. The lowest BCUT2D eigenvalue weighted by atomic mass is 10.1. The van der Waals surface area contributed by atoms with Crippen LogP contribution >= 0.6 is 11.6 Å². The Hall–Kier alpha value is -2.79. The predicted octanol–water partition coefficient (Wildman–Crippen LogP) is 3.87. The van der Waals surface area contributed by atoms with Gasteiger partial charge in [-0.05, 0) is 42.3 Å². The first-order valence-corrected chi connectivity index (χ1v) is 8.22. The van der Waals surface area contributed by atoms with Crippen molar-refractivity contribution in [2.24, 2.45) is 5.10 Å². The monoisotopic (exact) mass is 354 g/mol. The Morgan fingerprint density at radius 3 is 2.84 bits per heavy atom. The molecule has 0 saturated heterocycles. The lowest BCUT2D eigenvalue weighted by Gasteiger charge is -2.12. The van der Waals surface area contributed by atoms with E-state index in [1.54, 1.807) is 6.07 Å². The van der Waals surface area contributed by atoms with Gasteiger partial charge in [-0.25, -0.2) is 5.01 Å². The number of nitrogens with zero attached hydrogens (tertiary/aromatic N) is 2. The fourth-order valence-electron chi connectivity index (χ4n) is 2.81. The van der Waals surface area contributed by atoms with Crippen molar-refractivity contribution in [2.75, 3.05) is 6.79 Å². The second kappa shape index (κ2) is 6.26. The third kappa shape index (κ3) is 2.98. The second-order valence-electron chi connectivity index (χ2n) is 5.81. The molecule has 0 unspecified atom stereocenters. The maximum Gasteiger partial charge on any atom is 0.276 e. The fraction of sp³-hybridized carbons (Fsp3) is 0.158. The van der Waals surface area contributed by atoms with Crippen LogP contribution in [0.5, 0.6) is 11.5 Å². The minimum absolute atomic E-state index is 0.143. The SMILES string of the molecule is CC1=NN(Cc2ccccc2Cl)C(=O)/C1=C\c1ccc2c(c1)OCO2. The van der Waals surface area contributed by atoms with E-state index in [0.717, 1.165) is 11.1 Å². The van der Waals surface area contributed by atoms with Gasteiger partial charge >= 0.3 is 0 Å². The highest BCUT2D eigenvalue weighted by atomic mass is 35.5. The van der Waals surface area contributed by atoms with Gasteiger partial charge < -0.3 is 9.47 Å². The van der Waals surface area contributed by atoms with Crippen molar-refractivity contribution in [1.82, 2.24) is 5.01 Å². The molecule has 0 N–H and O–H groups in total. The molecule has 4 rings (SSSR count). The molecule has 2 aliphatic heterocycles. The van der Waals surface area contributed by atoms with Gasteiger partial charge in [0.1, 0.15) is 0 Å². The summed E-state index contributed by atoms with van der Waals surface area (Å²) < 4.78 is 10.7. The first-order valence-electron chi connectivity index (χ1n) is 7.84. The Kier molecular flexibility index (Phi) is 3.93. The van der Waals surface area contributed by atoms with Gasteiger partial charge in [-0.1, -0.05) is 35.9 Å². The Morgan fingerprint density at radius 1 is 1.20 bits per heavy atom. The van der Waals surface area contributed by atoms with Crippen LogP contribution in [0.2, 0.25) is 5.02 Å². The Bertz CT molecular complexity index is 921. The first-order chi connectivity index (χ1) is 12.1. The van der Waals surface area contributed by atoms with E-state index in [-0.39, 0.29) is 12.7 Å². The number of benzene rings is 2. The number of rotatable bonds is 3. The number of hydrogen-bond acceptors (Lipinski definition) is 4. The van der Waals surface area contributed by atoms with Crippen LogP contribution in [0.4, 0.5) is 0 Å². The molecule has 0 aliphatic carbocycles. The summed E-state index contributed by atoms with van der Waals surface area (Å²) in [5.41, 5.74) is 2.96. The van der Waals surface area contributed by atoms with E-state index in [0.29, 0.717) is 34.4 Å². The molecule has 6 heteroatoms. The normalized spacial score (nSPS) is 17.4. The van der Waals surface area contributed by atoms with Crippen molar-refractivity contribution in [2.45, 2.75) is 13.5 Å². The van der Waals surface area contributed by atoms with Crippen molar-refractivity contribution in [3.63, 3.8) is 0 Å². The number of ether oxygens (including phenoxy) is 2. The quantitative estimate of drug-likeness (QED) is 0.786. The van der Waals surface area contributed by atoms with E-state index < -0.39 is 0 Å². The van der Waals surface area contributed by atoms with Crippen LogP contribution in [0.25, 0.3) is 6.08 Å². The highest BCUT2D eigenvalue weighted by molar-refractivity contribution is 6.31. The maximum atomic E-state index is 12.7. The third-order valence-electron chi connectivity index (χ3n) is 4.11. The van der Waals surface area contributed by atoms with Gasteiger partial charge in [-0.15, -0.1) is 0 Å². The van der Waals surface area contributed by atoms with E-state index in [9.17, 15) is 4.79 Å². The zero-order valence-corrected chi connectivity index (χ0v) is 14.3. The van der Waals surface area contributed by atoms with E-state index in [4.69, 9.17) is 21.1 Å². The molecule has 2 aliphatic rings. The largest absolute Gasteiger partial charge is 0.454 e. The van der Waals surface area contributed by atoms with E-state index >= 15 is 0 Å². The lowest BCUT2D eigenvalue weighted by Crippen LogP contribution is -2.21. The van der Waals surface area contributed by atoms with Gasteiger partial charge in [0.25, 0.3) is 5.91 Å². The van der Waals surface area contributed by atoms with Gasteiger partial charge in [0.2, 0.25) is 6.79 Å². The summed E-state index contributed by atoms with van der Waals surface area (Å²) in [5, 5.41) is 6.44. The van der Waals surface area contributed by atoms with E-state index in [2.05, 4.69) is 5.10 Å². The van der Waals surface area contributed by atoms with E-state index in [1.165, 1.54) is 5.01 Å². The molecule has 2 aromatic carbocycles. The molecule has 2 heterocycles. The van der Waals surface area contributed by atoms with Crippen LogP contribution in [-0.2, 0) is 11.3 Å². The summed E-state index contributed by atoms with van der Waals surface area (Å²) in [4.78, 5) is 12.7. The summed E-state index contributed by atoms with van der Waals surface area (Å²) in [6.07, 6.45) is 1.82. The molecule has 2 aromatic rings.